The number of amides is 1. The molecule has 4 heteroatoms. The summed E-state index contributed by atoms with van der Waals surface area (Å²) in [6.07, 6.45) is 10.6. The molecule has 22 heavy (non-hydrogen) atoms. The van der Waals surface area contributed by atoms with Gasteiger partial charge in [0.2, 0.25) is 5.91 Å². The molecule has 0 aromatic carbocycles. The summed E-state index contributed by atoms with van der Waals surface area (Å²) in [5.41, 5.74) is -0.263. The number of carbonyl (C=O) groups excluding carboxylic acids is 1. The topological polar surface area (TPSA) is 66.4 Å². The van der Waals surface area contributed by atoms with E-state index in [1.54, 1.807) is 6.08 Å². The van der Waals surface area contributed by atoms with Crippen molar-refractivity contribution in [1.29, 1.82) is 0 Å². The molecule has 0 unspecified atom stereocenters. The quantitative estimate of drug-likeness (QED) is 0.561. The Morgan fingerprint density at radius 3 is 2.18 bits per heavy atom. The highest BCUT2D eigenvalue weighted by Crippen LogP contribution is 2.60. The lowest BCUT2D eigenvalue weighted by Crippen LogP contribution is -2.56. The van der Waals surface area contributed by atoms with E-state index in [4.69, 9.17) is 0 Å². The van der Waals surface area contributed by atoms with Gasteiger partial charge in [-0.25, -0.2) is 4.79 Å². The van der Waals surface area contributed by atoms with E-state index in [-0.39, 0.29) is 11.3 Å². The Bertz CT molecular complexity index is 436. The van der Waals surface area contributed by atoms with Crippen molar-refractivity contribution in [3.63, 3.8) is 0 Å². The molecule has 0 aliphatic heterocycles. The molecule has 4 aliphatic carbocycles. The summed E-state index contributed by atoms with van der Waals surface area (Å²) in [5, 5.41) is 12.2. The van der Waals surface area contributed by atoms with Crippen molar-refractivity contribution < 1.29 is 14.7 Å². The molecule has 0 aromatic heterocycles. The standard InChI is InChI=1S/C18H27NO3/c1-2-3-4-5-15(16(20)21)19-17(22)18-9-12-6-13(10-18)8-14(7-12)11-18/h2,12-15H,1,3-11H2,(H,19,22)(H,20,21)/t12?,13?,14?,15-,18?/m1/s1. The predicted octanol–water partition coefficient (Wildman–Crippen LogP) is 3.13. The first kappa shape index (κ1) is 15.6. The van der Waals surface area contributed by atoms with E-state index >= 15 is 0 Å². The molecule has 0 heterocycles. The lowest BCUT2D eigenvalue weighted by Gasteiger charge is -2.55. The smallest absolute Gasteiger partial charge is 0.326 e. The molecule has 4 bridgehead atoms. The van der Waals surface area contributed by atoms with Gasteiger partial charge < -0.3 is 10.4 Å². The van der Waals surface area contributed by atoms with Crippen LogP contribution in [0.3, 0.4) is 0 Å². The monoisotopic (exact) mass is 305 g/mol. The van der Waals surface area contributed by atoms with Crippen LogP contribution in [-0.4, -0.2) is 23.0 Å². The molecule has 4 fully saturated rings. The molecule has 0 aromatic rings. The van der Waals surface area contributed by atoms with Crippen LogP contribution < -0.4 is 5.32 Å². The number of unbranched alkanes of at least 4 members (excludes halogenated alkanes) is 1. The summed E-state index contributed by atoms with van der Waals surface area (Å²) in [4.78, 5) is 24.3. The van der Waals surface area contributed by atoms with Crippen molar-refractivity contribution >= 4 is 11.9 Å². The molecular weight excluding hydrogens is 278 g/mol. The van der Waals surface area contributed by atoms with Crippen molar-refractivity contribution in [3.8, 4) is 0 Å². The van der Waals surface area contributed by atoms with Crippen LogP contribution in [0.2, 0.25) is 0 Å². The average molecular weight is 305 g/mol. The van der Waals surface area contributed by atoms with Crippen LogP contribution in [0.5, 0.6) is 0 Å². The van der Waals surface area contributed by atoms with Gasteiger partial charge in [0.25, 0.3) is 0 Å². The van der Waals surface area contributed by atoms with Gasteiger partial charge in [-0.2, -0.15) is 0 Å². The minimum Gasteiger partial charge on any atom is -0.480 e. The number of nitrogens with one attached hydrogen (secondary N) is 1. The summed E-state index contributed by atoms with van der Waals surface area (Å²) in [5.74, 6) is 1.18. The molecule has 1 atom stereocenters. The van der Waals surface area contributed by atoms with Crippen LogP contribution in [0.15, 0.2) is 12.7 Å². The third-order valence-corrected chi connectivity index (χ3v) is 6.02. The van der Waals surface area contributed by atoms with Crippen LogP contribution in [0, 0.1) is 23.2 Å². The van der Waals surface area contributed by atoms with Gasteiger partial charge in [-0.05, 0) is 75.5 Å². The fourth-order valence-electron chi connectivity index (χ4n) is 5.42. The third kappa shape index (κ3) is 2.92. The Morgan fingerprint density at radius 2 is 1.73 bits per heavy atom. The fourth-order valence-corrected chi connectivity index (χ4v) is 5.42. The second-order valence-electron chi connectivity index (χ2n) is 7.78. The van der Waals surface area contributed by atoms with Gasteiger partial charge in [-0.3, -0.25) is 4.79 Å². The number of rotatable bonds is 7. The van der Waals surface area contributed by atoms with Gasteiger partial charge in [0.05, 0.1) is 0 Å². The molecule has 4 aliphatic rings. The highest BCUT2D eigenvalue weighted by Gasteiger charge is 2.54. The molecule has 0 saturated heterocycles. The van der Waals surface area contributed by atoms with Crippen LogP contribution in [0.25, 0.3) is 0 Å². The maximum absolute atomic E-state index is 12.8. The molecule has 4 rings (SSSR count). The van der Waals surface area contributed by atoms with Crippen LogP contribution in [-0.2, 0) is 9.59 Å². The number of hydrogen-bond donors (Lipinski definition) is 2. The van der Waals surface area contributed by atoms with Gasteiger partial charge in [0, 0.05) is 5.41 Å². The highest BCUT2D eigenvalue weighted by molar-refractivity contribution is 5.87. The minimum atomic E-state index is -0.915. The molecule has 2 N–H and O–H groups in total. The van der Waals surface area contributed by atoms with E-state index in [1.165, 1.54) is 19.3 Å². The zero-order valence-electron chi connectivity index (χ0n) is 13.2. The first-order valence-corrected chi connectivity index (χ1v) is 8.67. The largest absolute Gasteiger partial charge is 0.480 e. The zero-order valence-corrected chi connectivity index (χ0v) is 13.2. The second-order valence-corrected chi connectivity index (χ2v) is 7.78. The molecule has 122 valence electrons. The van der Waals surface area contributed by atoms with Crippen LogP contribution in [0.1, 0.15) is 57.8 Å². The van der Waals surface area contributed by atoms with Gasteiger partial charge in [0.1, 0.15) is 6.04 Å². The van der Waals surface area contributed by atoms with E-state index in [0.717, 1.165) is 32.1 Å². The lowest BCUT2D eigenvalue weighted by atomic mass is 9.49. The molecule has 4 saturated carbocycles. The normalized spacial score (nSPS) is 36.8. The first-order valence-electron chi connectivity index (χ1n) is 8.67. The van der Waals surface area contributed by atoms with E-state index in [1.807, 2.05) is 0 Å². The van der Waals surface area contributed by atoms with Crippen molar-refractivity contribution in [3.05, 3.63) is 12.7 Å². The first-order chi connectivity index (χ1) is 10.5. The van der Waals surface area contributed by atoms with E-state index in [0.29, 0.717) is 24.2 Å². The van der Waals surface area contributed by atoms with Crippen molar-refractivity contribution in [2.75, 3.05) is 0 Å². The minimum absolute atomic E-state index is 0.0117. The van der Waals surface area contributed by atoms with Crippen LogP contribution in [0.4, 0.5) is 0 Å². The number of carboxylic acid groups (broad SMARTS) is 1. The van der Waals surface area contributed by atoms with Crippen molar-refractivity contribution in [1.82, 2.24) is 5.32 Å². The fraction of sp³-hybridized carbons (Fsp3) is 0.778. The van der Waals surface area contributed by atoms with E-state index < -0.39 is 12.0 Å². The summed E-state index contributed by atoms with van der Waals surface area (Å²) in [6.45, 7) is 3.66. The SMILES string of the molecule is C=CCCC[C@@H](NC(=O)C12CC3CC(CC(C3)C1)C2)C(=O)O. The Balaban J connectivity index is 1.65. The molecule has 1 amide bonds. The number of carbonyl (C=O) groups is 2. The van der Waals surface area contributed by atoms with Crippen molar-refractivity contribution in [2.45, 2.75) is 63.8 Å². The summed E-state index contributed by atoms with van der Waals surface area (Å²) >= 11 is 0. The predicted molar refractivity (Wildman–Crippen MR) is 84.2 cm³/mol. The van der Waals surface area contributed by atoms with Gasteiger partial charge in [-0.1, -0.05) is 6.08 Å². The van der Waals surface area contributed by atoms with Crippen molar-refractivity contribution in [2.24, 2.45) is 23.2 Å². The maximum Gasteiger partial charge on any atom is 0.326 e. The summed E-state index contributed by atoms with van der Waals surface area (Å²) in [6, 6.07) is -0.750. The lowest BCUT2D eigenvalue weighted by molar-refractivity contribution is -0.151. The highest BCUT2D eigenvalue weighted by atomic mass is 16.4. The molecule has 0 radical (unpaired) electrons. The molecule has 0 spiro atoms. The van der Waals surface area contributed by atoms with E-state index in [9.17, 15) is 14.7 Å². The van der Waals surface area contributed by atoms with Gasteiger partial charge in [0.15, 0.2) is 0 Å². The molecular formula is C18H27NO3. The van der Waals surface area contributed by atoms with Gasteiger partial charge >= 0.3 is 5.97 Å². The number of aliphatic carboxylic acids is 1. The Kier molecular flexibility index (Phi) is 4.28. The Hall–Kier alpha value is -1.32. The number of allylic oxidation sites excluding steroid dienone is 1. The van der Waals surface area contributed by atoms with Gasteiger partial charge in [-0.15, -0.1) is 6.58 Å². The number of hydrogen-bond acceptors (Lipinski definition) is 2. The second kappa shape index (κ2) is 6.05. The average Bonchev–Trinajstić information content (AvgIpc) is 2.44. The Morgan fingerprint density at radius 1 is 1.18 bits per heavy atom. The molecule has 4 nitrogen and oxygen atoms in total. The maximum atomic E-state index is 12.8. The summed E-state index contributed by atoms with van der Waals surface area (Å²) < 4.78 is 0. The number of carboxylic acids is 1. The summed E-state index contributed by atoms with van der Waals surface area (Å²) in [7, 11) is 0. The van der Waals surface area contributed by atoms with E-state index in [2.05, 4.69) is 11.9 Å². The Labute approximate surface area is 132 Å². The van der Waals surface area contributed by atoms with Crippen LogP contribution >= 0.6 is 0 Å². The zero-order chi connectivity index (χ0) is 15.7. The third-order valence-electron chi connectivity index (χ3n) is 6.02.